The Bertz CT molecular complexity index is 202. The molecule has 0 radical (unpaired) electrons. The minimum absolute atomic E-state index is 0.00157. The average molecular weight is 199 g/mol. The Kier molecular flexibility index (Phi) is 3.27. The van der Waals surface area contributed by atoms with Crippen LogP contribution in [0.3, 0.4) is 0 Å². The van der Waals surface area contributed by atoms with Gasteiger partial charge in [-0.3, -0.25) is 4.90 Å². The molecule has 2 heteroatoms. The first-order valence-corrected chi connectivity index (χ1v) is 5.83. The standard InChI is InChI=1S/C12H25NO/c1-7-9-13-10(3)14-12(6,8-2)11(13,4)5/h10H,7-9H2,1-6H3/t10-,12+/m1/s1. The molecular weight excluding hydrogens is 174 g/mol. The first-order chi connectivity index (χ1) is 6.39. The summed E-state index contributed by atoms with van der Waals surface area (Å²) in [5.41, 5.74) is 0.152. The van der Waals surface area contributed by atoms with Gasteiger partial charge in [0.25, 0.3) is 0 Å². The van der Waals surface area contributed by atoms with Crippen LogP contribution in [0, 0.1) is 0 Å². The van der Waals surface area contributed by atoms with Gasteiger partial charge in [-0.05, 0) is 40.5 Å². The van der Waals surface area contributed by atoms with Crippen LogP contribution in [0.5, 0.6) is 0 Å². The summed E-state index contributed by atoms with van der Waals surface area (Å²) in [5.74, 6) is 0. The van der Waals surface area contributed by atoms with E-state index in [9.17, 15) is 0 Å². The van der Waals surface area contributed by atoms with E-state index in [1.54, 1.807) is 0 Å². The second-order valence-corrected chi connectivity index (χ2v) is 5.05. The van der Waals surface area contributed by atoms with Crippen molar-refractivity contribution < 1.29 is 4.74 Å². The normalized spacial score (nSPS) is 37.7. The number of ether oxygens (including phenoxy) is 1. The van der Waals surface area contributed by atoms with Gasteiger partial charge in [0.15, 0.2) is 0 Å². The number of nitrogens with zero attached hydrogens (tertiary/aromatic N) is 1. The molecule has 0 aromatic rings. The Morgan fingerprint density at radius 1 is 1.21 bits per heavy atom. The van der Waals surface area contributed by atoms with E-state index in [4.69, 9.17) is 4.74 Å². The third-order valence-corrected chi connectivity index (χ3v) is 4.02. The molecule has 0 N–H and O–H groups in total. The van der Waals surface area contributed by atoms with Crippen LogP contribution in [0.1, 0.15) is 54.4 Å². The smallest absolute Gasteiger partial charge is 0.109 e. The van der Waals surface area contributed by atoms with Crippen molar-refractivity contribution in [1.82, 2.24) is 4.90 Å². The summed E-state index contributed by atoms with van der Waals surface area (Å²) in [6.07, 6.45) is 2.52. The van der Waals surface area contributed by atoms with Gasteiger partial charge in [-0.2, -0.15) is 0 Å². The molecule has 1 rings (SSSR count). The zero-order valence-corrected chi connectivity index (χ0v) is 10.6. The summed E-state index contributed by atoms with van der Waals surface area (Å²) in [6, 6.07) is 0. The van der Waals surface area contributed by atoms with Gasteiger partial charge in [-0.15, -0.1) is 0 Å². The highest BCUT2D eigenvalue weighted by molar-refractivity contribution is 5.04. The lowest BCUT2D eigenvalue weighted by Crippen LogP contribution is -2.52. The number of hydrogen-bond donors (Lipinski definition) is 0. The fourth-order valence-corrected chi connectivity index (χ4v) is 2.56. The molecule has 1 heterocycles. The second kappa shape index (κ2) is 3.82. The zero-order chi connectivity index (χ0) is 11.0. The monoisotopic (exact) mass is 199 g/mol. The lowest BCUT2D eigenvalue weighted by molar-refractivity contribution is -0.0474. The molecule has 2 atom stereocenters. The Morgan fingerprint density at radius 3 is 2.14 bits per heavy atom. The zero-order valence-electron chi connectivity index (χ0n) is 10.6. The van der Waals surface area contributed by atoms with Crippen LogP contribution in [0.25, 0.3) is 0 Å². The summed E-state index contributed by atoms with van der Waals surface area (Å²) in [6.45, 7) is 14.6. The molecule has 0 aliphatic carbocycles. The maximum Gasteiger partial charge on any atom is 0.109 e. The maximum absolute atomic E-state index is 6.10. The summed E-state index contributed by atoms with van der Waals surface area (Å²) in [7, 11) is 0. The van der Waals surface area contributed by atoms with Crippen LogP contribution >= 0.6 is 0 Å². The average Bonchev–Trinajstić information content (AvgIpc) is 2.27. The molecule has 0 aromatic heterocycles. The van der Waals surface area contributed by atoms with Crippen LogP contribution in [-0.4, -0.2) is 28.8 Å². The molecule has 0 bridgehead atoms. The van der Waals surface area contributed by atoms with Crippen molar-refractivity contribution in [2.75, 3.05) is 6.54 Å². The molecule has 0 spiro atoms. The van der Waals surface area contributed by atoms with Crippen LogP contribution in [0.2, 0.25) is 0 Å². The minimum atomic E-state index is 0.00157. The lowest BCUT2D eigenvalue weighted by Gasteiger charge is -2.40. The van der Waals surface area contributed by atoms with Gasteiger partial charge >= 0.3 is 0 Å². The van der Waals surface area contributed by atoms with E-state index in [1.165, 1.54) is 6.42 Å². The Morgan fingerprint density at radius 2 is 1.79 bits per heavy atom. The molecule has 84 valence electrons. The molecule has 2 nitrogen and oxygen atoms in total. The first-order valence-electron chi connectivity index (χ1n) is 5.83. The topological polar surface area (TPSA) is 12.5 Å². The number of rotatable bonds is 3. The molecular formula is C12H25NO. The Labute approximate surface area is 88.6 Å². The largest absolute Gasteiger partial charge is 0.355 e. The van der Waals surface area contributed by atoms with E-state index < -0.39 is 0 Å². The van der Waals surface area contributed by atoms with E-state index in [0.29, 0.717) is 0 Å². The molecule has 14 heavy (non-hydrogen) atoms. The molecule has 1 fully saturated rings. The van der Waals surface area contributed by atoms with Crippen LogP contribution in [0.4, 0.5) is 0 Å². The van der Waals surface area contributed by atoms with Crippen LogP contribution < -0.4 is 0 Å². The molecule has 0 unspecified atom stereocenters. The quantitative estimate of drug-likeness (QED) is 0.693. The third kappa shape index (κ3) is 1.59. The molecule has 0 saturated carbocycles. The maximum atomic E-state index is 6.10. The predicted molar refractivity (Wildman–Crippen MR) is 60.3 cm³/mol. The predicted octanol–water partition coefficient (Wildman–Crippen LogP) is 3.02. The second-order valence-electron chi connectivity index (χ2n) is 5.05. The van der Waals surface area contributed by atoms with Crippen LogP contribution in [0.15, 0.2) is 0 Å². The van der Waals surface area contributed by atoms with E-state index >= 15 is 0 Å². The summed E-state index contributed by atoms with van der Waals surface area (Å²) >= 11 is 0. The Hall–Kier alpha value is -0.0800. The van der Waals surface area contributed by atoms with Crippen molar-refractivity contribution in [2.45, 2.75) is 71.8 Å². The van der Waals surface area contributed by atoms with Gasteiger partial charge in [-0.1, -0.05) is 13.8 Å². The molecule has 0 aromatic carbocycles. The molecule has 1 aliphatic heterocycles. The highest BCUT2D eigenvalue weighted by Gasteiger charge is 2.53. The van der Waals surface area contributed by atoms with E-state index in [2.05, 4.69) is 46.4 Å². The van der Waals surface area contributed by atoms with Gasteiger partial charge in [0, 0.05) is 12.1 Å². The first kappa shape index (κ1) is 12.0. The summed E-state index contributed by atoms with van der Waals surface area (Å²) < 4.78 is 6.10. The van der Waals surface area contributed by atoms with Crippen LogP contribution in [-0.2, 0) is 4.74 Å². The summed E-state index contributed by atoms with van der Waals surface area (Å²) in [5, 5.41) is 0. The van der Waals surface area contributed by atoms with Crippen molar-refractivity contribution >= 4 is 0 Å². The van der Waals surface area contributed by atoms with Crippen molar-refractivity contribution in [2.24, 2.45) is 0 Å². The van der Waals surface area contributed by atoms with Crippen molar-refractivity contribution in [3.63, 3.8) is 0 Å². The van der Waals surface area contributed by atoms with E-state index in [1.807, 2.05) is 0 Å². The highest BCUT2D eigenvalue weighted by atomic mass is 16.5. The molecule has 1 aliphatic rings. The van der Waals surface area contributed by atoms with Gasteiger partial charge in [0.1, 0.15) is 6.23 Å². The van der Waals surface area contributed by atoms with Gasteiger partial charge in [-0.25, -0.2) is 0 Å². The van der Waals surface area contributed by atoms with Gasteiger partial charge < -0.3 is 4.74 Å². The Balaban J connectivity index is 2.89. The van der Waals surface area contributed by atoms with Crippen molar-refractivity contribution in [3.05, 3.63) is 0 Å². The fraction of sp³-hybridized carbons (Fsp3) is 1.00. The minimum Gasteiger partial charge on any atom is -0.355 e. The third-order valence-electron chi connectivity index (χ3n) is 4.02. The lowest BCUT2D eigenvalue weighted by atomic mass is 9.82. The number of hydrogen-bond acceptors (Lipinski definition) is 2. The SMILES string of the molecule is CCCN1[C@@H](C)O[C@@](C)(CC)C1(C)C. The highest BCUT2D eigenvalue weighted by Crippen LogP contribution is 2.43. The molecule has 0 amide bonds. The van der Waals surface area contributed by atoms with Crippen molar-refractivity contribution in [3.8, 4) is 0 Å². The van der Waals surface area contributed by atoms with E-state index in [-0.39, 0.29) is 17.4 Å². The van der Waals surface area contributed by atoms with Gasteiger partial charge in [0.05, 0.1) is 5.60 Å². The fourth-order valence-electron chi connectivity index (χ4n) is 2.56. The molecule has 1 saturated heterocycles. The van der Waals surface area contributed by atoms with Crippen molar-refractivity contribution in [1.29, 1.82) is 0 Å². The van der Waals surface area contributed by atoms with E-state index in [0.717, 1.165) is 13.0 Å². The van der Waals surface area contributed by atoms with Gasteiger partial charge in [0.2, 0.25) is 0 Å². The summed E-state index contributed by atoms with van der Waals surface area (Å²) in [4.78, 5) is 2.48.